The summed E-state index contributed by atoms with van der Waals surface area (Å²) in [5.41, 5.74) is 6.57. The van der Waals surface area contributed by atoms with Gasteiger partial charge in [0.2, 0.25) is 0 Å². The quantitative estimate of drug-likeness (QED) is 0.544. The van der Waals surface area contributed by atoms with Crippen LogP contribution in [0.3, 0.4) is 0 Å². The van der Waals surface area contributed by atoms with Crippen molar-refractivity contribution in [3.63, 3.8) is 0 Å². The number of aryl methyl sites for hydroxylation is 4. The predicted molar refractivity (Wildman–Crippen MR) is 50.5 cm³/mol. The molecule has 0 atom stereocenters. The van der Waals surface area contributed by atoms with Gasteiger partial charge in [0.1, 0.15) is 0 Å². The van der Waals surface area contributed by atoms with E-state index < -0.39 is 0 Å². The van der Waals surface area contributed by atoms with Gasteiger partial charge in [-0.1, -0.05) is 12.1 Å². The summed E-state index contributed by atoms with van der Waals surface area (Å²) in [6.07, 6.45) is 8.16. The first-order chi connectivity index (χ1) is 5.93. The second kappa shape index (κ2) is 2.35. The van der Waals surface area contributed by atoms with E-state index in [0.717, 1.165) is 0 Å². The van der Waals surface area contributed by atoms with Crippen LogP contribution < -0.4 is 0 Å². The van der Waals surface area contributed by atoms with Gasteiger partial charge in [0.15, 0.2) is 0 Å². The van der Waals surface area contributed by atoms with Crippen LogP contribution >= 0.6 is 0 Å². The summed E-state index contributed by atoms with van der Waals surface area (Å²) >= 11 is 0. The predicted octanol–water partition coefficient (Wildman–Crippen LogP) is 2.66. The number of benzene rings is 1. The first kappa shape index (κ1) is 6.71. The molecule has 0 unspecified atom stereocenters. The molecule has 0 radical (unpaired) electrons. The van der Waals surface area contributed by atoms with Gasteiger partial charge in [0.05, 0.1) is 0 Å². The molecule has 0 heteroatoms. The fourth-order valence-electron chi connectivity index (χ4n) is 2.45. The lowest BCUT2D eigenvalue weighted by Crippen LogP contribution is -2.13. The summed E-state index contributed by atoms with van der Waals surface area (Å²) in [5.74, 6) is 0. The molecule has 0 aromatic heterocycles. The van der Waals surface area contributed by atoms with Gasteiger partial charge in [-0.05, 0) is 60.8 Å². The Hall–Kier alpha value is -0.780. The Balaban J connectivity index is 2.13. The van der Waals surface area contributed by atoms with Crippen molar-refractivity contribution < 1.29 is 0 Å². The number of hydrogen-bond donors (Lipinski definition) is 0. The molecule has 0 spiro atoms. The van der Waals surface area contributed by atoms with Gasteiger partial charge in [-0.25, -0.2) is 0 Å². The molecule has 0 fully saturated rings. The van der Waals surface area contributed by atoms with Crippen LogP contribution in [0, 0.1) is 0 Å². The van der Waals surface area contributed by atoms with E-state index >= 15 is 0 Å². The molecule has 0 aliphatic heterocycles. The molecule has 0 nitrogen and oxygen atoms in total. The summed E-state index contributed by atoms with van der Waals surface area (Å²) in [7, 11) is 0. The molecule has 0 bridgehead atoms. The molecule has 12 heavy (non-hydrogen) atoms. The molecule has 1 aromatic rings. The highest BCUT2D eigenvalue weighted by molar-refractivity contribution is 5.44. The fraction of sp³-hybridized carbons (Fsp3) is 0.500. The van der Waals surface area contributed by atoms with Crippen LogP contribution in [0.1, 0.15) is 35.1 Å². The molecule has 0 saturated carbocycles. The van der Waals surface area contributed by atoms with E-state index in [-0.39, 0.29) is 0 Å². The molecule has 0 saturated heterocycles. The molecule has 2 aliphatic carbocycles. The van der Waals surface area contributed by atoms with Crippen LogP contribution in [-0.2, 0) is 25.7 Å². The van der Waals surface area contributed by atoms with Gasteiger partial charge >= 0.3 is 0 Å². The minimum absolute atomic E-state index is 1.34. The standard InChI is InChI=1S/C12H14/c1-2-4-10-8-12-6-5-11(12)7-9(10)3-1/h7-8H,1-6H2. The zero-order valence-electron chi connectivity index (χ0n) is 7.40. The lowest BCUT2D eigenvalue weighted by molar-refractivity contribution is 0.676. The van der Waals surface area contributed by atoms with Crippen LogP contribution in [0.4, 0.5) is 0 Å². The van der Waals surface area contributed by atoms with Gasteiger partial charge in [-0.2, -0.15) is 0 Å². The Morgan fingerprint density at radius 3 is 1.42 bits per heavy atom. The van der Waals surface area contributed by atoms with Crippen LogP contribution in [0.15, 0.2) is 12.1 Å². The van der Waals surface area contributed by atoms with E-state index in [1.807, 2.05) is 0 Å². The highest BCUT2D eigenvalue weighted by Gasteiger charge is 2.17. The lowest BCUT2D eigenvalue weighted by Gasteiger charge is -2.24. The summed E-state index contributed by atoms with van der Waals surface area (Å²) in [6.45, 7) is 0. The highest BCUT2D eigenvalue weighted by atomic mass is 14.2. The van der Waals surface area contributed by atoms with Gasteiger partial charge < -0.3 is 0 Å². The number of fused-ring (bicyclic) bond motifs is 2. The second-order valence-electron chi connectivity index (χ2n) is 4.10. The number of hydrogen-bond acceptors (Lipinski definition) is 0. The van der Waals surface area contributed by atoms with Gasteiger partial charge in [0.25, 0.3) is 0 Å². The summed E-state index contributed by atoms with van der Waals surface area (Å²) in [5, 5.41) is 0. The summed E-state index contributed by atoms with van der Waals surface area (Å²) < 4.78 is 0. The van der Waals surface area contributed by atoms with Gasteiger partial charge in [0, 0.05) is 0 Å². The first-order valence-electron chi connectivity index (χ1n) is 5.07. The maximum absolute atomic E-state index is 2.47. The first-order valence-corrected chi connectivity index (χ1v) is 5.07. The van der Waals surface area contributed by atoms with Crippen LogP contribution in [0.5, 0.6) is 0 Å². The highest BCUT2D eigenvalue weighted by Crippen LogP contribution is 2.30. The van der Waals surface area contributed by atoms with Gasteiger partial charge in [-0.15, -0.1) is 0 Å². The Morgan fingerprint density at radius 1 is 0.583 bits per heavy atom. The smallest absolute Gasteiger partial charge is 0.0235 e. The summed E-state index contributed by atoms with van der Waals surface area (Å²) in [6, 6.07) is 4.93. The third kappa shape index (κ3) is 0.841. The average Bonchev–Trinajstić information content (AvgIpc) is 2.09. The van der Waals surface area contributed by atoms with Crippen LogP contribution in [0.2, 0.25) is 0 Å². The van der Waals surface area contributed by atoms with E-state index in [4.69, 9.17) is 0 Å². The maximum Gasteiger partial charge on any atom is -0.0235 e. The molecule has 0 N–H and O–H groups in total. The molecular weight excluding hydrogens is 144 g/mol. The molecule has 1 aromatic carbocycles. The molecule has 3 rings (SSSR count). The number of rotatable bonds is 0. The van der Waals surface area contributed by atoms with E-state index in [1.165, 1.54) is 38.5 Å². The van der Waals surface area contributed by atoms with Gasteiger partial charge in [-0.3, -0.25) is 0 Å². The topological polar surface area (TPSA) is 0 Å². The van der Waals surface area contributed by atoms with E-state index in [9.17, 15) is 0 Å². The molecule has 62 valence electrons. The Bertz CT molecular complexity index is 290. The van der Waals surface area contributed by atoms with Crippen molar-refractivity contribution in [3.8, 4) is 0 Å². The van der Waals surface area contributed by atoms with Crippen molar-refractivity contribution in [2.24, 2.45) is 0 Å². The zero-order chi connectivity index (χ0) is 7.97. The third-order valence-corrected chi connectivity index (χ3v) is 3.33. The summed E-state index contributed by atoms with van der Waals surface area (Å²) in [4.78, 5) is 0. The lowest BCUT2D eigenvalue weighted by atomic mass is 9.81. The largest absolute Gasteiger partial charge is 0.0553 e. The minimum Gasteiger partial charge on any atom is -0.0553 e. The normalized spacial score (nSPS) is 19.3. The van der Waals surface area contributed by atoms with Crippen molar-refractivity contribution in [2.75, 3.05) is 0 Å². The maximum atomic E-state index is 2.47. The second-order valence-corrected chi connectivity index (χ2v) is 4.10. The Morgan fingerprint density at radius 2 is 1.00 bits per heavy atom. The third-order valence-electron chi connectivity index (χ3n) is 3.33. The van der Waals surface area contributed by atoms with Crippen LogP contribution in [-0.4, -0.2) is 0 Å². The Kier molecular flexibility index (Phi) is 1.31. The van der Waals surface area contributed by atoms with Crippen molar-refractivity contribution in [1.29, 1.82) is 0 Å². The van der Waals surface area contributed by atoms with Crippen molar-refractivity contribution >= 4 is 0 Å². The van der Waals surface area contributed by atoms with Crippen molar-refractivity contribution in [1.82, 2.24) is 0 Å². The van der Waals surface area contributed by atoms with E-state index in [1.54, 1.807) is 22.3 Å². The van der Waals surface area contributed by atoms with E-state index in [2.05, 4.69) is 12.1 Å². The minimum atomic E-state index is 1.34. The molecule has 0 amide bonds. The average molecular weight is 158 g/mol. The fourth-order valence-corrected chi connectivity index (χ4v) is 2.45. The van der Waals surface area contributed by atoms with E-state index in [0.29, 0.717) is 0 Å². The SMILES string of the molecule is c1c2c(cc3c1CC3)CCCC2. The Labute approximate surface area is 73.6 Å². The monoisotopic (exact) mass is 158 g/mol. The van der Waals surface area contributed by atoms with Crippen LogP contribution in [0.25, 0.3) is 0 Å². The molecule has 0 heterocycles. The van der Waals surface area contributed by atoms with Crippen molar-refractivity contribution in [2.45, 2.75) is 38.5 Å². The van der Waals surface area contributed by atoms with Crippen molar-refractivity contribution in [3.05, 3.63) is 34.4 Å². The zero-order valence-corrected chi connectivity index (χ0v) is 7.40. The molecular formula is C12H14. The molecule has 2 aliphatic rings.